The van der Waals surface area contributed by atoms with Gasteiger partial charge in [-0.3, -0.25) is 4.79 Å². The van der Waals surface area contributed by atoms with Crippen LogP contribution in [0.5, 0.6) is 0 Å². The van der Waals surface area contributed by atoms with E-state index in [1.807, 2.05) is 6.07 Å². The minimum absolute atomic E-state index is 0.0870. The summed E-state index contributed by atoms with van der Waals surface area (Å²) >= 11 is 2.12. The van der Waals surface area contributed by atoms with Crippen LogP contribution in [0.1, 0.15) is 26.3 Å². The van der Waals surface area contributed by atoms with Gasteiger partial charge in [-0.25, -0.2) is 4.79 Å². The lowest BCUT2D eigenvalue weighted by Gasteiger charge is -2.09. The number of rotatable bonds is 3. The van der Waals surface area contributed by atoms with E-state index in [9.17, 15) is 9.59 Å². The van der Waals surface area contributed by atoms with E-state index in [1.54, 1.807) is 37.3 Å². The summed E-state index contributed by atoms with van der Waals surface area (Å²) in [5.74, 6) is -1.39. The van der Waals surface area contributed by atoms with Crippen molar-refractivity contribution in [3.05, 3.63) is 62.7 Å². The van der Waals surface area contributed by atoms with Crippen molar-refractivity contribution in [2.75, 3.05) is 5.32 Å². The second-order valence-electron chi connectivity index (χ2n) is 4.32. The second-order valence-corrected chi connectivity index (χ2v) is 5.56. The van der Waals surface area contributed by atoms with Crippen molar-refractivity contribution < 1.29 is 14.7 Å². The summed E-state index contributed by atoms with van der Waals surface area (Å²) in [5.41, 5.74) is 1.71. The largest absolute Gasteiger partial charge is 0.478 e. The maximum absolute atomic E-state index is 12.1. The van der Waals surface area contributed by atoms with Gasteiger partial charge < -0.3 is 10.4 Å². The fourth-order valence-corrected chi connectivity index (χ4v) is 2.31. The molecule has 0 heterocycles. The molecule has 0 aliphatic heterocycles. The number of nitrogens with one attached hydrogen (secondary N) is 1. The summed E-state index contributed by atoms with van der Waals surface area (Å²) in [7, 11) is 0. The average molecular weight is 381 g/mol. The number of hydrogen-bond donors (Lipinski definition) is 2. The molecule has 2 aromatic carbocycles. The van der Waals surface area contributed by atoms with Crippen molar-refractivity contribution >= 4 is 40.2 Å². The molecule has 5 heteroatoms. The maximum atomic E-state index is 12.1. The Morgan fingerprint density at radius 2 is 1.90 bits per heavy atom. The zero-order valence-corrected chi connectivity index (χ0v) is 12.8. The van der Waals surface area contributed by atoms with Gasteiger partial charge >= 0.3 is 5.97 Å². The van der Waals surface area contributed by atoms with Gasteiger partial charge in [0, 0.05) is 9.13 Å². The van der Waals surface area contributed by atoms with Gasteiger partial charge in [-0.1, -0.05) is 17.7 Å². The van der Waals surface area contributed by atoms with Gasteiger partial charge in [-0.05, 0) is 59.8 Å². The summed E-state index contributed by atoms with van der Waals surface area (Å²) in [5, 5.41) is 11.8. The number of carboxylic acid groups (broad SMARTS) is 1. The van der Waals surface area contributed by atoms with Crippen molar-refractivity contribution in [3.63, 3.8) is 0 Å². The first-order valence-corrected chi connectivity index (χ1v) is 6.96. The molecule has 1 amide bonds. The van der Waals surface area contributed by atoms with Crippen LogP contribution in [0.25, 0.3) is 0 Å². The third-order valence-corrected chi connectivity index (χ3v) is 3.41. The quantitative estimate of drug-likeness (QED) is 0.800. The fourth-order valence-electron chi connectivity index (χ4n) is 1.77. The minimum Gasteiger partial charge on any atom is -0.478 e. The SMILES string of the molecule is Cc1ccc(NC(=O)c2cccc(I)c2)c(C(=O)O)c1. The highest BCUT2D eigenvalue weighted by Crippen LogP contribution is 2.19. The number of hydrogen-bond acceptors (Lipinski definition) is 2. The number of aryl methyl sites for hydroxylation is 1. The van der Waals surface area contributed by atoms with Gasteiger partial charge in [0.05, 0.1) is 11.3 Å². The van der Waals surface area contributed by atoms with Gasteiger partial charge in [0.25, 0.3) is 5.91 Å². The molecular formula is C15H12INO3. The Kier molecular flexibility index (Phi) is 4.39. The number of benzene rings is 2. The predicted octanol–water partition coefficient (Wildman–Crippen LogP) is 3.55. The van der Waals surface area contributed by atoms with E-state index in [0.717, 1.165) is 9.13 Å². The molecule has 4 nitrogen and oxygen atoms in total. The third kappa shape index (κ3) is 3.36. The minimum atomic E-state index is -1.06. The third-order valence-electron chi connectivity index (χ3n) is 2.74. The number of aromatic carboxylic acids is 1. The summed E-state index contributed by atoms with van der Waals surface area (Å²) in [6.07, 6.45) is 0. The molecule has 0 aliphatic carbocycles. The zero-order valence-electron chi connectivity index (χ0n) is 10.7. The van der Waals surface area contributed by atoms with Crippen molar-refractivity contribution in [1.82, 2.24) is 0 Å². The molecule has 20 heavy (non-hydrogen) atoms. The molecule has 2 N–H and O–H groups in total. The first kappa shape index (κ1) is 14.5. The first-order chi connectivity index (χ1) is 9.47. The van der Waals surface area contributed by atoms with Gasteiger partial charge in [-0.2, -0.15) is 0 Å². The average Bonchev–Trinajstić information content (AvgIpc) is 2.40. The molecule has 0 fully saturated rings. The lowest BCUT2D eigenvalue weighted by molar-refractivity contribution is 0.0698. The molecule has 2 aromatic rings. The number of halogens is 1. The monoisotopic (exact) mass is 381 g/mol. The van der Waals surface area contributed by atoms with Crippen LogP contribution < -0.4 is 5.32 Å². The summed E-state index contributed by atoms with van der Waals surface area (Å²) in [4.78, 5) is 23.3. The lowest BCUT2D eigenvalue weighted by atomic mass is 10.1. The van der Waals surface area contributed by atoms with Crippen LogP contribution in [0.15, 0.2) is 42.5 Å². The highest BCUT2D eigenvalue weighted by atomic mass is 127. The highest BCUT2D eigenvalue weighted by Gasteiger charge is 2.13. The normalized spacial score (nSPS) is 10.1. The van der Waals surface area contributed by atoms with E-state index in [1.165, 1.54) is 6.07 Å². The Morgan fingerprint density at radius 1 is 1.15 bits per heavy atom. The molecule has 0 bridgehead atoms. The summed E-state index contributed by atoms with van der Waals surface area (Å²) in [6, 6.07) is 12.0. The van der Waals surface area contributed by atoms with Crippen molar-refractivity contribution in [1.29, 1.82) is 0 Å². The molecule has 0 radical (unpaired) electrons. The predicted molar refractivity (Wildman–Crippen MR) is 85.3 cm³/mol. The Bertz CT molecular complexity index is 683. The summed E-state index contributed by atoms with van der Waals surface area (Å²) in [6.45, 7) is 1.80. The molecule has 0 spiro atoms. The number of carbonyl (C=O) groups is 2. The lowest BCUT2D eigenvalue weighted by Crippen LogP contribution is -2.15. The molecule has 102 valence electrons. The Morgan fingerprint density at radius 3 is 2.55 bits per heavy atom. The molecule has 0 aromatic heterocycles. The standard InChI is InChI=1S/C15H12INO3/c1-9-5-6-13(12(7-9)15(19)20)17-14(18)10-3-2-4-11(16)8-10/h2-8H,1H3,(H,17,18)(H,19,20). The fraction of sp³-hybridized carbons (Fsp3) is 0.0667. The van der Waals surface area contributed by atoms with E-state index in [0.29, 0.717) is 11.3 Å². The van der Waals surface area contributed by atoms with Crippen LogP contribution >= 0.6 is 22.6 Å². The van der Waals surface area contributed by atoms with Crippen LogP contribution in [0.4, 0.5) is 5.69 Å². The first-order valence-electron chi connectivity index (χ1n) is 5.88. The van der Waals surface area contributed by atoms with Gasteiger partial charge in [0.1, 0.15) is 0 Å². The van der Waals surface area contributed by atoms with Crippen LogP contribution in [0.2, 0.25) is 0 Å². The van der Waals surface area contributed by atoms with Crippen LogP contribution in [0.3, 0.4) is 0 Å². The number of amides is 1. The summed E-state index contributed by atoms with van der Waals surface area (Å²) < 4.78 is 0.942. The van der Waals surface area contributed by atoms with Crippen LogP contribution in [-0.2, 0) is 0 Å². The maximum Gasteiger partial charge on any atom is 0.337 e. The Hall–Kier alpha value is -1.89. The van der Waals surface area contributed by atoms with Gasteiger partial charge in [0.2, 0.25) is 0 Å². The molecule has 0 atom stereocenters. The molecule has 2 rings (SSSR count). The second kappa shape index (κ2) is 6.04. The van der Waals surface area contributed by atoms with Crippen molar-refractivity contribution in [3.8, 4) is 0 Å². The Balaban J connectivity index is 2.30. The smallest absolute Gasteiger partial charge is 0.337 e. The van der Waals surface area contributed by atoms with Crippen LogP contribution in [0, 0.1) is 10.5 Å². The van der Waals surface area contributed by atoms with E-state index in [4.69, 9.17) is 5.11 Å². The van der Waals surface area contributed by atoms with E-state index in [-0.39, 0.29) is 11.5 Å². The van der Waals surface area contributed by atoms with E-state index >= 15 is 0 Å². The molecular weight excluding hydrogens is 369 g/mol. The topological polar surface area (TPSA) is 66.4 Å². The number of anilines is 1. The molecule has 0 aliphatic rings. The highest BCUT2D eigenvalue weighted by molar-refractivity contribution is 14.1. The van der Waals surface area contributed by atoms with E-state index in [2.05, 4.69) is 27.9 Å². The van der Waals surface area contributed by atoms with Crippen molar-refractivity contribution in [2.45, 2.75) is 6.92 Å². The van der Waals surface area contributed by atoms with Crippen molar-refractivity contribution in [2.24, 2.45) is 0 Å². The number of carbonyl (C=O) groups excluding carboxylic acids is 1. The zero-order chi connectivity index (χ0) is 14.7. The van der Waals surface area contributed by atoms with Crippen LogP contribution in [-0.4, -0.2) is 17.0 Å². The number of carboxylic acids is 1. The molecule has 0 unspecified atom stereocenters. The molecule has 0 saturated heterocycles. The molecule has 0 saturated carbocycles. The van der Waals surface area contributed by atoms with E-state index < -0.39 is 5.97 Å². The van der Waals surface area contributed by atoms with Gasteiger partial charge in [0.15, 0.2) is 0 Å². The Labute approximate surface area is 130 Å². The van der Waals surface area contributed by atoms with Gasteiger partial charge in [-0.15, -0.1) is 0 Å².